The molecule has 1 saturated heterocycles. The van der Waals surface area contributed by atoms with Gasteiger partial charge >= 0.3 is 0 Å². The Morgan fingerprint density at radius 2 is 2.50 bits per heavy atom. The molecule has 1 atom stereocenters. The minimum Gasteiger partial charge on any atom is -0.504 e. The Bertz CT molecular complexity index is 316. The Kier molecular flexibility index (Phi) is 2.54. The summed E-state index contributed by atoms with van der Waals surface area (Å²) < 4.78 is 0. The third-order valence-corrected chi connectivity index (χ3v) is 2.68. The topological polar surface area (TPSA) is 62.4 Å². The number of aromatic hydroxyl groups is 1. The lowest BCUT2D eigenvalue weighted by Crippen LogP contribution is -2.23. The average Bonchev–Trinajstić information content (AvgIpc) is 2.67. The van der Waals surface area contributed by atoms with Crippen LogP contribution in [-0.2, 0) is 0 Å². The lowest BCUT2D eigenvalue weighted by atomic mass is 10.1. The molecular weight excluding hydrogens is 178 g/mol. The summed E-state index contributed by atoms with van der Waals surface area (Å²) in [7, 11) is 0. The van der Waals surface area contributed by atoms with E-state index in [-0.39, 0.29) is 5.75 Å². The molecular formula is C10H15N3O. The molecule has 4 heteroatoms. The molecule has 3 N–H and O–H groups in total. The van der Waals surface area contributed by atoms with Gasteiger partial charge in [-0.2, -0.15) is 0 Å². The quantitative estimate of drug-likeness (QED) is 0.721. The smallest absolute Gasteiger partial charge is 0.171 e. The van der Waals surface area contributed by atoms with Crippen LogP contribution in [0.1, 0.15) is 6.42 Å². The average molecular weight is 193 g/mol. The number of anilines is 1. The molecule has 0 bridgehead atoms. The van der Waals surface area contributed by atoms with Gasteiger partial charge in [0.05, 0.1) is 0 Å². The van der Waals surface area contributed by atoms with Gasteiger partial charge in [-0.25, -0.2) is 4.98 Å². The molecule has 1 aliphatic heterocycles. The van der Waals surface area contributed by atoms with E-state index in [1.807, 2.05) is 0 Å². The van der Waals surface area contributed by atoms with Crippen molar-refractivity contribution in [1.82, 2.24) is 4.98 Å². The summed E-state index contributed by atoms with van der Waals surface area (Å²) in [6.07, 6.45) is 2.79. The van der Waals surface area contributed by atoms with Crippen molar-refractivity contribution in [3.05, 3.63) is 18.3 Å². The van der Waals surface area contributed by atoms with Gasteiger partial charge in [0.2, 0.25) is 0 Å². The molecule has 0 saturated carbocycles. The van der Waals surface area contributed by atoms with Crippen molar-refractivity contribution < 1.29 is 5.11 Å². The summed E-state index contributed by atoms with van der Waals surface area (Å²) >= 11 is 0. The number of hydrogen-bond donors (Lipinski definition) is 2. The van der Waals surface area contributed by atoms with Crippen molar-refractivity contribution in [2.45, 2.75) is 6.42 Å². The first-order chi connectivity index (χ1) is 6.81. The third kappa shape index (κ3) is 1.65. The molecule has 1 aliphatic rings. The van der Waals surface area contributed by atoms with Gasteiger partial charge in [-0.15, -0.1) is 0 Å². The predicted molar refractivity (Wildman–Crippen MR) is 55.3 cm³/mol. The van der Waals surface area contributed by atoms with E-state index in [4.69, 9.17) is 5.73 Å². The monoisotopic (exact) mass is 193 g/mol. The van der Waals surface area contributed by atoms with Gasteiger partial charge in [-0.05, 0) is 31.0 Å². The van der Waals surface area contributed by atoms with Gasteiger partial charge in [-0.1, -0.05) is 0 Å². The van der Waals surface area contributed by atoms with Gasteiger partial charge in [0.25, 0.3) is 0 Å². The van der Waals surface area contributed by atoms with Crippen LogP contribution in [0, 0.1) is 5.92 Å². The maximum absolute atomic E-state index is 9.59. The molecule has 0 spiro atoms. The van der Waals surface area contributed by atoms with Crippen LogP contribution in [0.5, 0.6) is 5.75 Å². The molecule has 1 aromatic rings. The second-order valence-electron chi connectivity index (χ2n) is 3.68. The van der Waals surface area contributed by atoms with Crippen LogP contribution in [-0.4, -0.2) is 29.7 Å². The Labute approximate surface area is 83.4 Å². The Morgan fingerprint density at radius 3 is 3.14 bits per heavy atom. The molecule has 0 radical (unpaired) electrons. The first kappa shape index (κ1) is 9.27. The van der Waals surface area contributed by atoms with Crippen molar-refractivity contribution in [3.63, 3.8) is 0 Å². The van der Waals surface area contributed by atoms with Gasteiger partial charge in [0.1, 0.15) is 0 Å². The van der Waals surface area contributed by atoms with E-state index in [0.717, 1.165) is 19.5 Å². The highest BCUT2D eigenvalue weighted by atomic mass is 16.3. The molecule has 2 heterocycles. The molecule has 0 aliphatic carbocycles. The molecule has 2 rings (SSSR count). The fourth-order valence-electron chi connectivity index (χ4n) is 1.85. The van der Waals surface area contributed by atoms with Crippen molar-refractivity contribution in [2.75, 3.05) is 24.5 Å². The van der Waals surface area contributed by atoms with Crippen molar-refractivity contribution in [3.8, 4) is 5.75 Å². The lowest BCUT2D eigenvalue weighted by Gasteiger charge is -2.17. The molecule has 14 heavy (non-hydrogen) atoms. The minimum absolute atomic E-state index is 0.255. The highest BCUT2D eigenvalue weighted by Gasteiger charge is 2.23. The number of hydrogen-bond acceptors (Lipinski definition) is 4. The fourth-order valence-corrected chi connectivity index (χ4v) is 1.85. The van der Waals surface area contributed by atoms with Gasteiger partial charge < -0.3 is 15.7 Å². The number of aromatic nitrogens is 1. The van der Waals surface area contributed by atoms with Crippen LogP contribution in [0.25, 0.3) is 0 Å². The standard InChI is InChI=1S/C10H15N3O/c11-6-8-3-5-13(7-8)10-9(14)2-1-4-12-10/h1-2,4,8,14H,3,5-7,11H2. The second kappa shape index (κ2) is 3.84. The summed E-state index contributed by atoms with van der Waals surface area (Å²) in [5, 5.41) is 9.59. The minimum atomic E-state index is 0.255. The van der Waals surface area contributed by atoms with Crippen LogP contribution >= 0.6 is 0 Å². The Morgan fingerprint density at radius 1 is 1.64 bits per heavy atom. The summed E-state index contributed by atoms with van der Waals surface area (Å²) in [6, 6.07) is 3.40. The van der Waals surface area contributed by atoms with Crippen LogP contribution in [0.15, 0.2) is 18.3 Å². The van der Waals surface area contributed by atoms with Gasteiger partial charge in [0, 0.05) is 19.3 Å². The molecule has 0 aromatic carbocycles. The number of nitrogens with two attached hydrogens (primary N) is 1. The summed E-state index contributed by atoms with van der Waals surface area (Å²) in [6.45, 7) is 2.55. The highest BCUT2D eigenvalue weighted by molar-refractivity contribution is 5.51. The Hall–Kier alpha value is -1.29. The van der Waals surface area contributed by atoms with Crippen LogP contribution < -0.4 is 10.6 Å². The van der Waals surface area contributed by atoms with Crippen molar-refractivity contribution in [2.24, 2.45) is 11.7 Å². The first-order valence-corrected chi connectivity index (χ1v) is 4.90. The maximum Gasteiger partial charge on any atom is 0.171 e. The van der Waals surface area contributed by atoms with Gasteiger partial charge in [0.15, 0.2) is 11.6 Å². The van der Waals surface area contributed by atoms with E-state index in [0.29, 0.717) is 18.3 Å². The van der Waals surface area contributed by atoms with Crippen LogP contribution in [0.2, 0.25) is 0 Å². The zero-order chi connectivity index (χ0) is 9.97. The normalized spacial score (nSPS) is 21.5. The van der Waals surface area contributed by atoms with Crippen LogP contribution in [0.4, 0.5) is 5.82 Å². The van der Waals surface area contributed by atoms with E-state index in [9.17, 15) is 5.11 Å². The SMILES string of the molecule is NCC1CCN(c2ncccc2O)C1. The largest absolute Gasteiger partial charge is 0.504 e. The second-order valence-corrected chi connectivity index (χ2v) is 3.68. The summed E-state index contributed by atoms with van der Waals surface area (Å²) in [5.41, 5.74) is 5.60. The maximum atomic E-state index is 9.59. The van der Waals surface area contributed by atoms with Gasteiger partial charge in [-0.3, -0.25) is 0 Å². The fraction of sp³-hybridized carbons (Fsp3) is 0.500. The van der Waals surface area contributed by atoms with E-state index >= 15 is 0 Å². The predicted octanol–water partition coefficient (Wildman–Crippen LogP) is 0.572. The van der Waals surface area contributed by atoms with E-state index in [1.165, 1.54) is 0 Å². The molecule has 1 fully saturated rings. The molecule has 1 aromatic heterocycles. The molecule has 1 unspecified atom stereocenters. The number of rotatable bonds is 2. The van der Waals surface area contributed by atoms with Crippen molar-refractivity contribution in [1.29, 1.82) is 0 Å². The van der Waals surface area contributed by atoms with Crippen molar-refractivity contribution >= 4 is 5.82 Å². The highest BCUT2D eigenvalue weighted by Crippen LogP contribution is 2.28. The zero-order valence-electron chi connectivity index (χ0n) is 8.06. The number of pyridine rings is 1. The zero-order valence-corrected chi connectivity index (χ0v) is 8.06. The number of nitrogens with zero attached hydrogens (tertiary/aromatic N) is 2. The molecule has 4 nitrogen and oxygen atoms in total. The lowest BCUT2D eigenvalue weighted by molar-refractivity contribution is 0.472. The third-order valence-electron chi connectivity index (χ3n) is 2.68. The first-order valence-electron chi connectivity index (χ1n) is 4.90. The van der Waals surface area contributed by atoms with Crippen LogP contribution in [0.3, 0.4) is 0 Å². The molecule has 76 valence electrons. The van der Waals surface area contributed by atoms with E-state index in [2.05, 4.69) is 9.88 Å². The van der Waals surface area contributed by atoms with E-state index in [1.54, 1.807) is 18.3 Å². The van der Waals surface area contributed by atoms with E-state index < -0.39 is 0 Å². The summed E-state index contributed by atoms with van der Waals surface area (Å²) in [5.74, 6) is 1.48. The molecule has 0 amide bonds. The Balaban J connectivity index is 2.13. The summed E-state index contributed by atoms with van der Waals surface area (Å²) in [4.78, 5) is 6.25.